The summed E-state index contributed by atoms with van der Waals surface area (Å²) >= 11 is 0. The number of ketones is 1. The Bertz CT molecular complexity index is 891. The highest BCUT2D eigenvalue weighted by Gasteiger charge is 2.16. The summed E-state index contributed by atoms with van der Waals surface area (Å²) in [6.45, 7) is 2.54. The zero-order valence-corrected chi connectivity index (χ0v) is 13.9. The van der Waals surface area contributed by atoms with Crippen LogP contribution in [0.4, 0.5) is 0 Å². The van der Waals surface area contributed by atoms with Crippen LogP contribution < -0.4 is 0 Å². The Morgan fingerprint density at radius 2 is 1.96 bits per heavy atom. The molecule has 0 radical (unpaired) electrons. The van der Waals surface area contributed by atoms with E-state index >= 15 is 0 Å². The molecule has 0 unspecified atom stereocenters. The molecule has 0 aliphatic carbocycles. The molecule has 1 fully saturated rings. The molecular weight excluding hydrogens is 314 g/mol. The molecule has 0 N–H and O–H groups in total. The summed E-state index contributed by atoms with van der Waals surface area (Å²) in [4.78, 5) is 31.8. The molecule has 6 heteroatoms. The summed E-state index contributed by atoms with van der Waals surface area (Å²) in [7, 11) is 0. The Morgan fingerprint density at radius 3 is 2.76 bits per heavy atom. The van der Waals surface area contributed by atoms with Crippen LogP contribution in [0.25, 0.3) is 22.2 Å². The van der Waals surface area contributed by atoms with Gasteiger partial charge in [-0.2, -0.15) is 0 Å². The number of Topliss-reactive ketones (excluding diaryl/α,β-unsaturated/α-hetero) is 1. The molecular formula is C19H19N5O. The van der Waals surface area contributed by atoms with Gasteiger partial charge in [-0.3, -0.25) is 19.7 Å². The maximum atomic E-state index is 12.3. The number of nitrogens with zero attached hydrogens (tertiary/aromatic N) is 5. The normalized spacial score (nSPS) is 14.9. The zero-order chi connectivity index (χ0) is 17.1. The summed E-state index contributed by atoms with van der Waals surface area (Å²) in [5.74, 6) is 0.749. The van der Waals surface area contributed by atoms with Gasteiger partial charge in [0.25, 0.3) is 0 Å². The van der Waals surface area contributed by atoms with Crippen molar-refractivity contribution in [3.63, 3.8) is 0 Å². The number of hydrogen-bond acceptors (Lipinski definition) is 6. The van der Waals surface area contributed by atoms with Crippen molar-refractivity contribution in [3.05, 3.63) is 48.8 Å². The minimum Gasteiger partial charge on any atom is -0.298 e. The van der Waals surface area contributed by atoms with Crippen LogP contribution in [0.15, 0.2) is 43.0 Å². The van der Waals surface area contributed by atoms with Gasteiger partial charge in [0.05, 0.1) is 30.4 Å². The van der Waals surface area contributed by atoms with E-state index in [-0.39, 0.29) is 12.2 Å². The van der Waals surface area contributed by atoms with E-state index in [1.54, 1.807) is 24.8 Å². The first-order chi connectivity index (χ1) is 12.3. The van der Waals surface area contributed by atoms with Gasteiger partial charge in [0.2, 0.25) is 0 Å². The molecule has 0 amide bonds. The van der Waals surface area contributed by atoms with Crippen LogP contribution >= 0.6 is 0 Å². The molecule has 4 rings (SSSR count). The average Bonchev–Trinajstić information content (AvgIpc) is 3.14. The molecule has 1 aliphatic heterocycles. The molecule has 1 aliphatic rings. The van der Waals surface area contributed by atoms with E-state index < -0.39 is 0 Å². The second-order valence-corrected chi connectivity index (χ2v) is 6.35. The van der Waals surface area contributed by atoms with Crippen LogP contribution in [0.3, 0.4) is 0 Å². The third-order valence-corrected chi connectivity index (χ3v) is 4.45. The summed E-state index contributed by atoms with van der Waals surface area (Å²) in [6.07, 6.45) is 9.47. The predicted octanol–water partition coefficient (Wildman–Crippen LogP) is 2.29. The molecule has 1 aromatic carbocycles. The first-order valence-electron chi connectivity index (χ1n) is 8.54. The van der Waals surface area contributed by atoms with Crippen molar-refractivity contribution in [2.75, 3.05) is 19.6 Å². The van der Waals surface area contributed by atoms with Gasteiger partial charge in [-0.05, 0) is 32.0 Å². The molecule has 0 atom stereocenters. The highest BCUT2D eigenvalue weighted by Crippen LogP contribution is 2.21. The van der Waals surface area contributed by atoms with Gasteiger partial charge >= 0.3 is 0 Å². The molecule has 3 heterocycles. The van der Waals surface area contributed by atoms with E-state index in [4.69, 9.17) is 0 Å². The molecule has 2 aromatic heterocycles. The maximum Gasteiger partial charge on any atom is 0.154 e. The summed E-state index contributed by atoms with van der Waals surface area (Å²) in [5.41, 5.74) is 2.57. The number of hydrogen-bond donors (Lipinski definition) is 0. The molecule has 25 heavy (non-hydrogen) atoms. The van der Waals surface area contributed by atoms with E-state index in [9.17, 15) is 4.79 Å². The first kappa shape index (κ1) is 15.8. The Kier molecular flexibility index (Phi) is 4.43. The topological polar surface area (TPSA) is 71.9 Å². The van der Waals surface area contributed by atoms with E-state index in [1.807, 2.05) is 18.2 Å². The van der Waals surface area contributed by atoms with Crippen LogP contribution in [0.1, 0.15) is 18.7 Å². The summed E-state index contributed by atoms with van der Waals surface area (Å²) in [5, 5.41) is 0.948. The quantitative estimate of drug-likeness (QED) is 0.713. The number of rotatable bonds is 5. The Labute approximate surface area is 146 Å². The molecule has 0 spiro atoms. The molecule has 1 saturated heterocycles. The molecule has 126 valence electrons. The van der Waals surface area contributed by atoms with Gasteiger partial charge in [0.1, 0.15) is 5.82 Å². The maximum absolute atomic E-state index is 12.3. The van der Waals surface area contributed by atoms with Crippen molar-refractivity contribution in [1.29, 1.82) is 0 Å². The van der Waals surface area contributed by atoms with Crippen molar-refractivity contribution in [1.82, 2.24) is 24.8 Å². The predicted molar refractivity (Wildman–Crippen MR) is 94.9 cm³/mol. The minimum absolute atomic E-state index is 0.173. The fourth-order valence-corrected chi connectivity index (χ4v) is 3.18. The largest absolute Gasteiger partial charge is 0.298 e. The Hall–Kier alpha value is -2.73. The first-order valence-corrected chi connectivity index (χ1v) is 8.54. The van der Waals surface area contributed by atoms with Crippen LogP contribution in [-0.2, 0) is 11.2 Å². The Morgan fingerprint density at radius 1 is 1.08 bits per heavy atom. The van der Waals surface area contributed by atoms with Crippen molar-refractivity contribution in [2.24, 2.45) is 0 Å². The third-order valence-electron chi connectivity index (χ3n) is 4.45. The second kappa shape index (κ2) is 7.03. The lowest BCUT2D eigenvalue weighted by molar-refractivity contribution is -0.119. The van der Waals surface area contributed by atoms with Crippen LogP contribution in [0.2, 0.25) is 0 Å². The third kappa shape index (κ3) is 3.69. The number of likely N-dealkylation sites (tertiary alicyclic amines) is 1. The van der Waals surface area contributed by atoms with E-state index in [0.29, 0.717) is 12.4 Å². The van der Waals surface area contributed by atoms with Crippen molar-refractivity contribution >= 4 is 16.7 Å². The van der Waals surface area contributed by atoms with Gasteiger partial charge in [-0.1, -0.05) is 12.1 Å². The lowest BCUT2D eigenvalue weighted by Gasteiger charge is -2.12. The van der Waals surface area contributed by atoms with Gasteiger partial charge in [0, 0.05) is 29.5 Å². The zero-order valence-electron chi connectivity index (χ0n) is 13.9. The van der Waals surface area contributed by atoms with E-state index in [2.05, 4.69) is 24.8 Å². The second-order valence-electron chi connectivity index (χ2n) is 6.35. The Balaban J connectivity index is 1.55. The number of carbonyl (C=O) groups excluding carboxylic acids is 1. The number of carbonyl (C=O) groups is 1. The minimum atomic E-state index is 0.173. The van der Waals surface area contributed by atoms with Gasteiger partial charge in [0.15, 0.2) is 5.78 Å². The molecule has 3 aromatic rings. The van der Waals surface area contributed by atoms with Crippen molar-refractivity contribution < 1.29 is 4.79 Å². The fraction of sp³-hybridized carbons (Fsp3) is 0.316. The lowest BCUT2D eigenvalue weighted by Crippen LogP contribution is -2.28. The summed E-state index contributed by atoms with van der Waals surface area (Å²) in [6, 6.07) is 5.92. The van der Waals surface area contributed by atoms with Crippen molar-refractivity contribution in [2.45, 2.75) is 19.3 Å². The van der Waals surface area contributed by atoms with Gasteiger partial charge in [-0.25, -0.2) is 9.97 Å². The van der Waals surface area contributed by atoms with Crippen LogP contribution in [0, 0.1) is 0 Å². The number of fused-ring (bicyclic) bond motifs is 1. The van der Waals surface area contributed by atoms with Crippen molar-refractivity contribution in [3.8, 4) is 11.3 Å². The SMILES string of the molecule is O=C(Cc1ncc2ccc(-c3cnccn3)cc2n1)CN1CCCC1. The highest BCUT2D eigenvalue weighted by atomic mass is 16.1. The van der Waals surface area contributed by atoms with Crippen LogP contribution in [-0.4, -0.2) is 50.3 Å². The smallest absolute Gasteiger partial charge is 0.154 e. The fourth-order valence-electron chi connectivity index (χ4n) is 3.18. The molecule has 0 saturated carbocycles. The molecule has 0 bridgehead atoms. The van der Waals surface area contributed by atoms with Crippen LogP contribution in [0.5, 0.6) is 0 Å². The van der Waals surface area contributed by atoms with E-state index in [0.717, 1.165) is 35.2 Å². The standard InChI is InChI=1S/C19H19N5O/c25-16(13-24-7-1-2-8-24)10-19-22-11-15-4-3-14(9-17(15)23-19)18-12-20-5-6-21-18/h3-6,9,11-12H,1-2,7-8,10,13H2. The monoisotopic (exact) mass is 333 g/mol. The number of aromatic nitrogens is 4. The number of benzene rings is 1. The van der Waals surface area contributed by atoms with E-state index in [1.165, 1.54) is 12.8 Å². The summed E-state index contributed by atoms with van der Waals surface area (Å²) < 4.78 is 0. The van der Waals surface area contributed by atoms with Gasteiger partial charge in [-0.15, -0.1) is 0 Å². The van der Waals surface area contributed by atoms with Gasteiger partial charge < -0.3 is 0 Å². The average molecular weight is 333 g/mol. The highest BCUT2D eigenvalue weighted by molar-refractivity contribution is 5.85. The lowest BCUT2D eigenvalue weighted by atomic mass is 10.1. The molecule has 6 nitrogen and oxygen atoms in total.